The summed E-state index contributed by atoms with van der Waals surface area (Å²) in [4.78, 5) is 2.23. The Bertz CT molecular complexity index is 389. The van der Waals surface area contributed by atoms with Crippen molar-refractivity contribution in [2.45, 2.75) is 37.9 Å². The smallest absolute Gasteiger partial charge is 0.0343 e. The number of benzene rings is 1. The molecule has 1 aliphatic rings. The summed E-state index contributed by atoms with van der Waals surface area (Å²) in [5.74, 6) is 0. The van der Waals surface area contributed by atoms with Crippen LogP contribution in [-0.2, 0) is 0 Å². The molecular formula is C15H25N3. The number of nitrogens with one attached hydrogen (secondary N) is 1. The van der Waals surface area contributed by atoms with Crippen LogP contribution in [0, 0.1) is 0 Å². The van der Waals surface area contributed by atoms with Crippen molar-refractivity contribution in [2.24, 2.45) is 5.73 Å². The minimum Gasteiger partial charge on any atom is -0.324 e. The topological polar surface area (TPSA) is 41.3 Å². The van der Waals surface area contributed by atoms with Gasteiger partial charge in [0.15, 0.2) is 0 Å². The van der Waals surface area contributed by atoms with Crippen molar-refractivity contribution in [1.82, 2.24) is 10.2 Å². The van der Waals surface area contributed by atoms with Gasteiger partial charge in [-0.25, -0.2) is 0 Å². The number of fused-ring (bicyclic) bond motifs is 1. The maximum absolute atomic E-state index is 6.19. The number of rotatable bonds is 5. The predicted molar refractivity (Wildman–Crippen MR) is 76.5 cm³/mol. The molecule has 3 N–H and O–H groups in total. The van der Waals surface area contributed by atoms with E-state index < -0.39 is 0 Å². The van der Waals surface area contributed by atoms with Crippen LogP contribution in [-0.4, -0.2) is 31.6 Å². The lowest BCUT2D eigenvalue weighted by molar-refractivity contribution is 0.346. The molecule has 0 aliphatic heterocycles. The summed E-state index contributed by atoms with van der Waals surface area (Å²) in [5, 5.41) is 3.71. The largest absolute Gasteiger partial charge is 0.324 e. The van der Waals surface area contributed by atoms with Crippen LogP contribution >= 0.6 is 0 Å². The van der Waals surface area contributed by atoms with E-state index in [1.165, 1.54) is 17.5 Å². The molecule has 0 radical (unpaired) electrons. The van der Waals surface area contributed by atoms with Gasteiger partial charge in [0.25, 0.3) is 0 Å². The number of hydrogen-bond donors (Lipinski definition) is 2. The van der Waals surface area contributed by atoms with Crippen molar-refractivity contribution >= 4 is 0 Å². The molecule has 0 saturated carbocycles. The summed E-state index contributed by atoms with van der Waals surface area (Å²) in [6.45, 7) is 3.38. The van der Waals surface area contributed by atoms with E-state index in [2.05, 4.69) is 55.5 Å². The minimum atomic E-state index is 0.194. The second-order valence-corrected chi connectivity index (χ2v) is 5.68. The standard InChI is InChI=1S/C15H25N3/c1-11(8-9-18(2)3)17-15-10-14(16)12-6-4-5-7-13(12)15/h4-7,11,14-15,17H,8-10,16H2,1-3H3. The monoisotopic (exact) mass is 247 g/mol. The van der Waals surface area contributed by atoms with Gasteiger partial charge < -0.3 is 16.0 Å². The molecule has 0 aromatic heterocycles. The van der Waals surface area contributed by atoms with Gasteiger partial charge in [0.1, 0.15) is 0 Å². The van der Waals surface area contributed by atoms with Crippen LogP contribution < -0.4 is 11.1 Å². The number of nitrogens with zero attached hydrogens (tertiary/aromatic N) is 1. The molecule has 0 spiro atoms. The minimum absolute atomic E-state index is 0.194. The Morgan fingerprint density at radius 2 is 2.00 bits per heavy atom. The third kappa shape index (κ3) is 3.10. The Kier molecular flexibility index (Phi) is 4.38. The first-order valence-electron chi connectivity index (χ1n) is 6.83. The molecule has 3 atom stereocenters. The van der Waals surface area contributed by atoms with Crippen molar-refractivity contribution < 1.29 is 0 Å². The fraction of sp³-hybridized carbons (Fsp3) is 0.600. The molecule has 3 heteroatoms. The average molecular weight is 247 g/mol. The summed E-state index contributed by atoms with van der Waals surface area (Å²) in [7, 11) is 4.24. The third-order valence-electron chi connectivity index (χ3n) is 3.76. The van der Waals surface area contributed by atoms with Crippen LogP contribution in [0.3, 0.4) is 0 Å². The van der Waals surface area contributed by atoms with Gasteiger partial charge in [-0.05, 0) is 51.5 Å². The van der Waals surface area contributed by atoms with E-state index in [9.17, 15) is 0 Å². The number of hydrogen-bond acceptors (Lipinski definition) is 3. The Morgan fingerprint density at radius 3 is 2.67 bits per heavy atom. The Hall–Kier alpha value is -0.900. The zero-order chi connectivity index (χ0) is 13.1. The fourth-order valence-electron chi connectivity index (χ4n) is 2.71. The second-order valence-electron chi connectivity index (χ2n) is 5.68. The Morgan fingerprint density at radius 1 is 1.33 bits per heavy atom. The van der Waals surface area contributed by atoms with Crippen LogP contribution in [0.15, 0.2) is 24.3 Å². The highest BCUT2D eigenvalue weighted by Gasteiger charge is 2.28. The van der Waals surface area contributed by atoms with E-state index in [0.29, 0.717) is 12.1 Å². The molecule has 100 valence electrons. The maximum Gasteiger partial charge on any atom is 0.0343 e. The van der Waals surface area contributed by atoms with Crippen molar-refractivity contribution in [2.75, 3.05) is 20.6 Å². The summed E-state index contributed by atoms with van der Waals surface area (Å²) in [6, 6.07) is 9.70. The molecule has 0 heterocycles. The molecule has 3 unspecified atom stereocenters. The molecule has 0 fully saturated rings. The highest BCUT2D eigenvalue weighted by molar-refractivity contribution is 5.37. The molecule has 18 heavy (non-hydrogen) atoms. The summed E-state index contributed by atoms with van der Waals surface area (Å²) in [5.41, 5.74) is 8.89. The lowest BCUT2D eigenvalue weighted by Crippen LogP contribution is -2.32. The van der Waals surface area contributed by atoms with E-state index >= 15 is 0 Å². The molecule has 1 aromatic carbocycles. The van der Waals surface area contributed by atoms with Crippen LogP contribution in [0.25, 0.3) is 0 Å². The molecule has 1 aliphatic carbocycles. The second kappa shape index (κ2) is 5.83. The maximum atomic E-state index is 6.19. The van der Waals surface area contributed by atoms with Crippen LogP contribution in [0.2, 0.25) is 0 Å². The van der Waals surface area contributed by atoms with Crippen LogP contribution in [0.5, 0.6) is 0 Å². The van der Waals surface area contributed by atoms with Gasteiger partial charge in [0.2, 0.25) is 0 Å². The van der Waals surface area contributed by atoms with Crippen molar-refractivity contribution in [3.63, 3.8) is 0 Å². The lowest BCUT2D eigenvalue weighted by atomic mass is 10.1. The highest BCUT2D eigenvalue weighted by Crippen LogP contribution is 2.37. The van der Waals surface area contributed by atoms with Crippen LogP contribution in [0.1, 0.15) is 43.0 Å². The van der Waals surface area contributed by atoms with Crippen molar-refractivity contribution in [3.05, 3.63) is 35.4 Å². The SMILES string of the molecule is CC(CCN(C)C)NC1CC(N)c2ccccc21. The molecule has 2 rings (SSSR count). The van der Waals surface area contributed by atoms with Gasteiger partial charge in [-0.15, -0.1) is 0 Å². The van der Waals surface area contributed by atoms with Crippen molar-refractivity contribution in [3.8, 4) is 0 Å². The fourth-order valence-corrected chi connectivity index (χ4v) is 2.71. The molecule has 1 aromatic rings. The lowest BCUT2D eigenvalue weighted by Gasteiger charge is -2.22. The first-order chi connectivity index (χ1) is 8.58. The average Bonchev–Trinajstić information content (AvgIpc) is 2.65. The molecule has 0 saturated heterocycles. The molecule has 3 nitrogen and oxygen atoms in total. The van der Waals surface area contributed by atoms with Crippen molar-refractivity contribution in [1.29, 1.82) is 0 Å². The third-order valence-corrected chi connectivity index (χ3v) is 3.76. The first kappa shape index (κ1) is 13.5. The quantitative estimate of drug-likeness (QED) is 0.837. The summed E-state index contributed by atoms with van der Waals surface area (Å²) < 4.78 is 0. The predicted octanol–water partition coefficient (Wildman–Crippen LogP) is 2.06. The molecular weight excluding hydrogens is 222 g/mol. The van der Waals surface area contributed by atoms with Gasteiger partial charge in [-0.1, -0.05) is 24.3 Å². The molecule has 0 amide bonds. The zero-order valence-corrected chi connectivity index (χ0v) is 11.7. The van der Waals surface area contributed by atoms with Crippen LogP contribution in [0.4, 0.5) is 0 Å². The van der Waals surface area contributed by atoms with E-state index in [1.54, 1.807) is 0 Å². The first-order valence-corrected chi connectivity index (χ1v) is 6.83. The Labute approximate surface area is 110 Å². The zero-order valence-electron chi connectivity index (χ0n) is 11.7. The Balaban J connectivity index is 1.95. The van der Waals surface area contributed by atoms with Gasteiger partial charge in [-0.3, -0.25) is 0 Å². The van der Waals surface area contributed by atoms with Gasteiger partial charge in [0, 0.05) is 18.1 Å². The van der Waals surface area contributed by atoms with Gasteiger partial charge in [-0.2, -0.15) is 0 Å². The van der Waals surface area contributed by atoms with E-state index in [-0.39, 0.29) is 6.04 Å². The highest BCUT2D eigenvalue weighted by atomic mass is 15.1. The molecule has 0 bridgehead atoms. The normalized spacial score (nSPS) is 24.3. The number of nitrogens with two attached hydrogens (primary N) is 1. The summed E-state index contributed by atoms with van der Waals surface area (Å²) in [6.07, 6.45) is 2.19. The van der Waals surface area contributed by atoms with E-state index in [4.69, 9.17) is 5.73 Å². The summed E-state index contributed by atoms with van der Waals surface area (Å²) >= 11 is 0. The van der Waals surface area contributed by atoms with E-state index in [1.807, 2.05) is 0 Å². The van der Waals surface area contributed by atoms with E-state index in [0.717, 1.165) is 13.0 Å². The van der Waals surface area contributed by atoms with Gasteiger partial charge in [0.05, 0.1) is 0 Å². The van der Waals surface area contributed by atoms with Gasteiger partial charge >= 0.3 is 0 Å².